The van der Waals surface area contributed by atoms with Crippen molar-refractivity contribution >= 4 is 51.7 Å². The van der Waals surface area contributed by atoms with Crippen LogP contribution in [0.5, 0.6) is 0 Å². The smallest absolute Gasteiger partial charge is 0.267 e. The van der Waals surface area contributed by atoms with Gasteiger partial charge in [0.2, 0.25) is 0 Å². The van der Waals surface area contributed by atoms with Crippen molar-refractivity contribution in [3.05, 3.63) is 44.7 Å². The van der Waals surface area contributed by atoms with E-state index in [-0.39, 0.29) is 29.7 Å². The Morgan fingerprint density at radius 1 is 1.15 bits per heavy atom. The minimum absolute atomic E-state index is 0.0123. The van der Waals surface area contributed by atoms with Crippen LogP contribution in [0.15, 0.2) is 28.0 Å². The molecule has 1 saturated carbocycles. The van der Waals surface area contributed by atoms with E-state index in [9.17, 15) is 9.59 Å². The van der Waals surface area contributed by atoms with Gasteiger partial charge < -0.3 is 9.64 Å². The molecule has 0 bridgehead atoms. The van der Waals surface area contributed by atoms with E-state index in [2.05, 4.69) is 4.90 Å². The molecule has 0 aromatic carbocycles. The topological polar surface area (TPSA) is 67.2 Å². The minimum Gasteiger partial charge on any atom is -0.372 e. The fourth-order valence-electron chi connectivity index (χ4n) is 5.28. The average Bonchev–Trinajstić information content (AvgIpc) is 3.08. The molecule has 180 valence electrons. The lowest BCUT2D eigenvalue weighted by atomic mass is 9.94. The maximum atomic E-state index is 13.7. The number of anilines is 1. The molecule has 0 radical (unpaired) electrons. The zero-order valence-corrected chi connectivity index (χ0v) is 21.5. The lowest BCUT2D eigenvalue weighted by Crippen LogP contribution is -2.46. The van der Waals surface area contributed by atoms with Gasteiger partial charge in [-0.25, -0.2) is 4.98 Å². The van der Waals surface area contributed by atoms with Crippen molar-refractivity contribution in [3.8, 4) is 0 Å². The van der Waals surface area contributed by atoms with Crippen LogP contribution in [0.4, 0.5) is 5.82 Å². The first kappa shape index (κ1) is 23.5. The third-order valence-electron chi connectivity index (χ3n) is 6.82. The molecule has 3 fully saturated rings. The zero-order chi connectivity index (χ0) is 24.0. The molecular formula is C25H30N4O3S2. The highest BCUT2D eigenvalue weighted by Crippen LogP contribution is 2.38. The number of aromatic nitrogens is 2. The van der Waals surface area contributed by atoms with Gasteiger partial charge in [0.1, 0.15) is 15.8 Å². The molecule has 7 nitrogen and oxygen atoms in total. The van der Waals surface area contributed by atoms with Crippen molar-refractivity contribution in [2.45, 2.75) is 71.1 Å². The molecule has 4 heterocycles. The van der Waals surface area contributed by atoms with Crippen LogP contribution in [0.25, 0.3) is 11.7 Å². The third kappa shape index (κ3) is 4.29. The van der Waals surface area contributed by atoms with Gasteiger partial charge in [-0.15, -0.1) is 0 Å². The summed E-state index contributed by atoms with van der Waals surface area (Å²) in [6.45, 7) is 7.25. The highest BCUT2D eigenvalue weighted by atomic mass is 32.2. The van der Waals surface area contributed by atoms with E-state index in [0.717, 1.165) is 31.2 Å². The van der Waals surface area contributed by atoms with Gasteiger partial charge in [0.15, 0.2) is 0 Å². The molecule has 2 atom stereocenters. The molecule has 2 aliphatic heterocycles. The SMILES string of the molecule is Cc1cccn2c(=O)c(/C=C3/SC(=S)N(C4CCCCC4)C3=O)c(N3CC(C)OC(C)C3)nc12. The van der Waals surface area contributed by atoms with E-state index in [1.165, 1.54) is 18.2 Å². The van der Waals surface area contributed by atoms with Crippen LogP contribution < -0.4 is 10.5 Å². The molecule has 3 aliphatic rings. The largest absolute Gasteiger partial charge is 0.372 e. The Balaban J connectivity index is 1.62. The number of aryl methyl sites for hydroxylation is 1. The summed E-state index contributed by atoms with van der Waals surface area (Å²) in [6, 6.07) is 3.95. The number of thioether (sulfide) groups is 1. The van der Waals surface area contributed by atoms with Crippen LogP contribution in [0.2, 0.25) is 0 Å². The predicted octanol–water partition coefficient (Wildman–Crippen LogP) is 4.15. The molecule has 2 aromatic rings. The van der Waals surface area contributed by atoms with Gasteiger partial charge in [-0.05, 0) is 51.3 Å². The van der Waals surface area contributed by atoms with Gasteiger partial charge in [-0.1, -0.05) is 49.3 Å². The van der Waals surface area contributed by atoms with E-state index in [4.69, 9.17) is 21.9 Å². The van der Waals surface area contributed by atoms with Gasteiger partial charge in [-0.2, -0.15) is 0 Å². The monoisotopic (exact) mass is 498 g/mol. The number of morpholine rings is 1. The first-order chi connectivity index (χ1) is 16.3. The molecule has 1 aliphatic carbocycles. The van der Waals surface area contributed by atoms with E-state index in [0.29, 0.717) is 39.3 Å². The molecular weight excluding hydrogens is 468 g/mol. The summed E-state index contributed by atoms with van der Waals surface area (Å²) >= 11 is 6.90. The number of nitrogens with zero attached hydrogens (tertiary/aromatic N) is 4. The van der Waals surface area contributed by atoms with Gasteiger partial charge in [0, 0.05) is 25.3 Å². The van der Waals surface area contributed by atoms with E-state index in [1.807, 2.05) is 32.9 Å². The fraction of sp³-hybridized carbons (Fsp3) is 0.520. The van der Waals surface area contributed by atoms with Crippen LogP contribution in [0.3, 0.4) is 0 Å². The van der Waals surface area contributed by atoms with Gasteiger partial charge in [0.25, 0.3) is 11.5 Å². The Bertz CT molecular complexity index is 1220. The Kier molecular flexibility index (Phi) is 6.52. The van der Waals surface area contributed by atoms with Crippen molar-refractivity contribution in [1.29, 1.82) is 0 Å². The number of amides is 1. The Labute approximate surface area is 209 Å². The van der Waals surface area contributed by atoms with Gasteiger partial charge >= 0.3 is 0 Å². The van der Waals surface area contributed by atoms with Crippen molar-refractivity contribution in [2.75, 3.05) is 18.0 Å². The van der Waals surface area contributed by atoms with Gasteiger partial charge in [-0.3, -0.25) is 18.9 Å². The number of rotatable bonds is 3. The Morgan fingerprint density at radius 2 is 1.85 bits per heavy atom. The van der Waals surface area contributed by atoms with Crippen LogP contribution >= 0.6 is 24.0 Å². The second-order valence-electron chi connectivity index (χ2n) is 9.54. The number of thiocarbonyl (C=S) groups is 1. The normalized spacial score (nSPS) is 25.7. The Morgan fingerprint density at radius 3 is 2.56 bits per heavy atom. The highest BCUT2D eigenvalue weighted by Gasteiger charge is 2.38. The van der Waals surface area contributed by atoms with Crippen LogP contribution in [0, 0.1) is 6.92 Å². The second kappa shape index (κ2) is 9.43. The second-order valence-corrected chi connectivity index (χ2v) is 11.2. The van der Waals surface area contributed by atoms with Crippen molar-refractivity contribution < 1.29 is 9.53 Å². The molecule has 2 aromatic heterocycles. The maximum Gasteiger partial charge on any atom is 0.267 e. The van der Waals surface area contributed by atoms with Crippen molar-refractivity contribution in [1.82, 2.24) is 14.3 Å². The first-order valence-corrected chi connectivity index (χ1v) is 13.3. The zero-order valence-electron chi connectivity index (χ0n) is 19.8. The van der Waals surface area contributed by atoms with E-state index < -0.39 is 0 Å². The molecule has 34 heavy (non-hydrogen) atoms. The van der Waals surface area contributed by atoms with Crippen molar-refractivity contribution in [2.24, 2.45) is 0 Å². The molecule has 9 heteroatoms. The Hall–Kier alpha value is -2.23. The predicted molar refractivity (Wildman–Crippen MR) is 140 cm³/mol. The quantitative estimate of drug-likeness (QED) is 0.465. The summed E-state index contributed by atoms with van der Waals surface area (Å²) < 4.78 is 8.07. The molecule has 2 saturated heterocycles. The molecule has 0 spiro atoms. The number of carbonyl (C=O) groups excluding carboxylic acids is 1. The van der Waals surface area contributed by atoms with Crippen molar-refractivity contribution in [3.63, 3.8) is 0 Å². The summed E-state index contributed by atoms with van der Waals surface area (Å²) in [5, 5.41) is 0. The summed E-state index contributed by atoms with van der Waals surface area (Å²) in [6.07, 6.45) is 8.88. The van der Waals surface area contributed by atoms with Gasteiger partial charge in [0.05, 0.1) is 22.7 Å². The fourth-order valence-corrected chi connectivity index (χ4v) is 6.67. The average molecular weight is 499 g/mol. The van der Waals surface area contributed by atoms with Crippen LogP contribution in [-0.2, 0) is 9.53 Å². The summed E-state index contributed by atoms with van der Waals surface area (Å²) in [7, 11) is 0. The third-order valence-corrected chi connectivity index (χ3v) is 8.15. The highest BCUT2D eigenvalue weighted by molar-refractivity contribution is 8.26. The lowest BCUT2D eigenvalue weighted by molar-refractivity contribution is -0.124. The maximum absolute atomic E-state index is 13.7. The first-order valence-electron chi connectivity index (χ1n) is 12.0. The number of hydrogen-bond acceptors (Lipinski definition) is 7. The van der Waals surface area contributed by atoms with E-state index in [1.54, 1.807) is 21.6 Å². The number of carbonyl (C=O) groups is 1. The molecule has 0 N–H and O–H groups in total. The number of fused-ring (bicyclic) bond motifs is 1. The lowest BCUT2D eigenvalue weighted by Gasteiger charge is -2.36. The standard InChI is InChI=1S/C25H30N4O3S2/c1-15-8-7-11-28-21(15)26-22(27-13-16(2)32-17(3)14-27)19(23(28)30)12-20-24(31)29(25(33)34-20)18-9-5-4-6-10-18/h7-8,11-12,16-18H,4-6,9-10,13-14H2,1-3H3/b20-12+. The molecule has 1 amide bonds. The molecule has 5 rings (SSSR count). The number of hydrogen-bond donors (Lipinski definition) is 0. The number of ether oxygens (including phenoxy) is 1. The summed E-state index contributed by atoms with van der Waals surface area (Å²) in [5.41, 5.74) is 1.79. The molecule has 2 unspecified atom stereocenters. The van der Waals surface area contributed by atoms with Crippen LogP contribution in [-0.4, -0.2) is 55.9 Å². The summed E-state index contributed by atoms with van der Waals surface area (Å²) in [4.78, 5) is 36.5. The summed E-state index contributed by atoms with van der Waals surface area (Å²) in [5.74, 6) is 0.509. The minimum atomic E-state index is -0.182. The van der Waals surface area contributed by atoms with Crippen LogP contribution in [0.1, 0.15) is 57.1 Å². The number of pyridine rings is 1. The van der Waals surface area contributed by atoms with E-state index >= 15 is 0 Å².